The first-order chi connectivity index (χ1) is 23.0. The highest BCUT2D eigenvalue weighted by Gasteiger charge is 2.19. The van der Waals surface area contributed by atoms with E-state index in [-0.39, 0.29) is 38.0 Å². The van der Waals surface area contributed by atoms with E-state index in [9.17, 15) is 14.4 Å². The Labute approximate surface area is 288 Å². The summed E-state index contributed by atoms with van der Waals surface area (Å²) < 4.78 is 16.4. The SMILES string of the molecule is CC/C=C\C/C=C\CC=CCCC(=O)OCC(COC(=O)CCCCCCCCCCCCCCCC)OC(=O)CC/C=C\CCC. The maximum atomic E-state index is 12.4. The lowest BCUT2D eigenvalue weighted by atomic mass is 10.0. The molecule has 0 aromatic carbocycles. The number of rotatable bonds is 33. The first-order valence-electron chi connectivity index (χ1n) is 19.1. The number of unbranched alkanes of at least 4 members (excludes halogenated alkanes) is 14. The van der Waals surface area contributed by atoms with Crippen molar-refractivity contribution in [3.8, 4) is 0 Å². The number of hydrogen-bond acceptors (Lipinski definition) is 6. The molecule has 47 heavy (non-hydrogen) atoms. The molecule has 1 atom stereocenters. The lowest BCUT2D eigenvalue weighted by Crippen LogP contribution is -2.30. The van der Waals surface area contributed by atoms with Gasteiger partial charge in [-0.2, -0.15) is 0 Å². The lowest BCUT2D eigenvalue weighted by molar-refractivity contribution is -0.166. The summed E-state index contributed by atoms with van der Waals surface area (Å²) in [5, 5.41) is 0. The smallest absolute Gasteiger partial charge is 0.306 e. The van der Waals surface area contributed by atoms with Crippen molar-refractivity contribution < 1.29 is 28.6 Å². The second-order valence-electron chi connectivity index (χ2n) is 12.5. The molecule has 0 fully saturated rings. The van der Waals surface area contributed by atoms with Crippen LogP contribution >= 0.6 is 0 Å². The summed E-state index contributed by atoms with van der Waals surface area (Å²) in [7, 11) is 0. The number of esters is 3. The van der Waals surface area contributed by atoms with Gasteiger partial charge in [-0.1, -0.05) is 159 Å². The highest BCUT2D eigenvalue weighted by Crippen LogP contribution is 2.14. The van der Waals surface area contributed by atoms with Crippen LogP contribution in [0.5, 0.6) is 0 Å². The Bertz CT molecular complexity index is 856. The molecule has 0 aromatic rings. The Morgan fingerprint density at radius 2 is 0.872 bits per heavy atom. The predicted molar refractivity (Wildman–Crippen MR) is 196 cm³/mol. The summed E-state index contributed by atoms with van der Waals surface area (Å²) in [5.74, 6) is -1.07. The summed E-state index contributed by atoms with van der Waals surface area (Å²) in [6.45, 7) is 6.25. The number of allylic oxidation sites excluding steroid dienone is 8. The highest BCUT2D eigenvalue weighted by atomic mass is 16.6. The van der Waals surface area contributed by atoms with Crippen LogP contribution < -0.4 is 0 Å². The largest absolute Gasteiger partial charge is 0.462 e. The van der Waals surface area contributed by atoms with Crippen molar-refractivity contribution in [3.63, 3.8) is 0 Å². The van der Waals surface area contributed by atoms with Gasteiger partial charge in [0.1, 0.15) is 13.2 Å². The number of carbonyl (C=O) groups is 3. The minimum absolute atomic E-state index is 0.109. The van der Waals surface area contributed by atoms with E-state index in [4.69, 9.17) is 14.2 Å². The quantitative estimate of drug-likeness (QED) is 0.0302. The van der Waals surface area contributed by atoms with Gasteiger partial charge in [0.05, 0.1) is 0 Å². The van der Waals surface area contributed by atoms with Gasteiger partial charge >= 0.3 is 17.9 Å². The van der Waals surface area contributed by atoms with Crippen LogP contribution in [0.15, 0.2) is 48.6 Å². The standard InChI is InChI=1S/C41H70O6/c1-4-7-10-13-15-17-19-20-21-22-24-26-29-31-34-40(43)46-37-38(47-41(44)35-32-27-12-9-6-3)36-45-39(42)33-30-28-25-23-18-16-14-11-8-5-2/h8,11-12,16,18,25,27-28,38H,4-7,9-10,13-15,17,19-24,26,29-37H2,1-3H3/b11-8-,18-16-,27-12-,28-25?. The van der Waals surface area contributed by atoms with Crippen LogP contribution in [0.1, 0.15) is 175 Å². The average Bonchev–Trinajstić information content (AvgIpc) is 3.06. The number of hydrogen-bond donors (Lipinski definition) is 0. The topological polar surface area (TPSA) is 78.9 Å². The fourth-order valence-electron chi connectivity index (χ4n) is 4.97. The molecular formula is C41H70O6. The van der Waals surface area contributed by atoms with Gasteiger partial charge in [0.15, 0.2) is 6.10 Å². The highest BCUT2D eigenvalue weighted by molar-refractivity contribution is 5.71. The van der Waals surface area contributed by atoms with Crippen molar-refractivity contribution in [1.29, 1.82) is 0 Å². The minimum atomic E-state index is -0.811. The zero-order valence-electron chi connectivity index (χ0n) is 30.5. The summed E-state index contributed by atoms with van der Waals surface area (Å²) >= 11 is 0. The zero-order chi connectivity index (χ0) is 34.5. The van der Waals surface area contributed by atoms with E-state index in [0.29, 0.717) is 19.3 Å². The Kier molecular flexibility index (Phi) is 34.2. The third kappa shape index (κ3) is 34.5. The molecule has 270 valence electrons. The van der Waals surface area contributed by atoms with Crippen LogP contribution in [0.4, 0.5) is 0 Å². The first-order valence-corrected chi connectivity index (χ1v) is 19.1. The van der Waals surface area contributed by atoms with Crippen LogP contribution in [0.3, 0.4) is 0 Å². The molecular weight excluding hydrogens is 588 g/mol. The molecule has 0 heterocycles. The first kappa shape index (κ1) is 44.4. The fraction of sp³-hybridized carbons (Fsp3) is 0.732. The van der Waals surface area contributed by atoms with Crippen LogP contribution in [0.25, 0.3) is 0 Å². The molecule has 0 spiro atoms. The van der Waals surface area contributed by atoms with E-state index in [2.05, 4.69) is 51.2 Å². The van der Waals surface area contributed by atoms with E-state index >= 15 is 0 Å². The molecule has 0 saturated carbocycles. The molecule has 0 aliphatic carbocycles. The molecule has 0 aromatic heterocycles. The molecule has 0 aliphatic rings. The van der Waals surface area contributed by atoms with E-state index in [0.717, 1.165) is 51.4 Å². The average molecular weight is 659 g/mol. The van der Waals surface area contributed by atoms with Gasteiger partial charge in [0.2, 0.25) is 0 Å². The predicted octanol–water partition coefficient (Wildman–Crippen LogP) is 11.6. The van der Waals surface area contributed by atoms with Crippen molar-refractivity contribution in [1.82, 2.24) is 0 Å². The van der Waals surface area contributed by atoms with Crippen LogP contribution in [0.2, 0.25) is 0 Å². The Hall–Kier alpha value is -2.63. The normalized spacial score (nSPS) is 12.5. The Morgan fingerprint density at radius 3 is 1.40 bits per heavy atom. The van der Waals surface area contributed by atoms with Crippen LogP contribution in [-0.2, 0) is 28.6 Å². The van der Waals surface area contributed by atoms with Crippen molar-refractivity contribution in [3.05, 3.63) is 48.6 Å². The fourth-order valence-corrected chi connectivity index (χ4v) is 4.97. The van der Waals surface area contributed by atoms with E-state index in [1.165, 1.54) is 70.6 Å². The molecule has 0 aliphatic heterocycles. The second-order valence-corrected chi connectivity index (χ2v) is 12.5. The maximum Gasteiger partial charge on any atom is 0.306 e. The summed E-state index contributed by atoms with van der Waals surface area (Å²) in [6.07, 6.45) is 40.2. The summed E-state index contributed by atoms with van der Waals surface area (Å²) in [6, 6.07) is 0. The molecule has 0 saturated heterocycles. The van der Waals surface area contributed by atoms with Gasteiger partial charge in [-0.25, -0.2) is 0 Å². The Balaban J connectivity index is 4.31. The van der Waals surface area contributed by atoms with Crippen molar-refractivity contribution in [2.45, 2.75) is 181 Å². The summed E-state index contributed by atoms with van der Waals surface area (Å²) in [5.41, 5.74) is 0. The number of carbonyl (C=O) groups excluding carboxylic acids is 3. The Morgan fingerprint density at radius 1 is 0.447 bits per heavy atom. The van der Waals surface area contributed by atoms with E-state index < -0.39 is 12.1 Å². The molecule has 1 unspecified atom stereocenters. The van der Waals surface area contributed by atoms with Gasteiger partial charge in [0, 0.05) is 19.3 Å². The monoisotopic (exact) mass is 659 g/mol. The molecule has 0 amide bonds. The van der Waals surface area contributed by atoms with Gasteiger partial charge in [-0.05, 0) is 44.9 Å². The zero-order valence-corrected chi connectivity index (χ0v) is 30.5. The molecule has 6 heteroatoms. The van der Waals surface area contributed by atoms with Crippen molar-refractivity contribution in [2.24, 2.45) is 0 Å². The van der Waals surface area contributed by atoms with E-state index in [1.807, 2.05) is 18.2 Å². The molecule has 0 N–H and O–H groups in total. The molecule has 0 radical (unpaired) electrons. The lowest BCUT2D eigenvalue weighted by Gasteiger charge is -2.18. The van der Waals surface area contributed by atoms with Crippen LogP contribution in [-0.4, -0.2) is 37.2 Å². The van der Waals surface area contributed by atoms with Gasteiger partial charge < -0.3 is 14.2 Å². The van der Waals surface area contributed by atoms with Crippen molar-refractivity contribution >= 4 is 17.9 Å². The summed E-state index contributed by atoms with van der Waals surface area (Å²) in [4.78, 5) is 37.1. The minimum Gasteiger partial charge on any atom is -0.462 e. The van der Waals surface area contributed by atoms with Gasteiger partial charge in [-0.15, -0.1) is 0 Å². The third-order valence-electron chi connectivity index (χ3n) is 7.83. The van der Waals surface area contributed by atoms with Crippen molar-refractivity contribution in [2.75, 3.05) is 13.2 Å². The van der Waals surface area contributed by atoms with Crippen LogP contribution in [0, 0.1) is 0 Å². The molecule has 6 nitrogen and oxygen atoms in total. The van der Waals surface area contributed by atoms with E-state index in [1.54, 1.807) is 0 Å². The van der Waals surface area contributed by atoms with Gasteiger partial charge in [0.25, 0.3) is 0 Å². The maximum absolute atomic E-state index is 12.4. The van der Waals surface area contributed by atoms with Gasteiger partial charge in [-0.3, -0.25) is 14.4 Å². The number of ether oxygens (including phenoxy) is 3. The third-order valence-corrected chi connectivity index (χ3v) is 7.83. The molecule has 0 rings (SSSR count). The second kappa shape index (κ2) is 36.2. The molecule has 0 bridgehead atoms.